The number of nitrogens with zero attached hydrogens (tertiary/aromatic N) is 1. The quantitative estimate of drug-likeness (QED) is 0.777. The summed E-state index contributed by atoms with van der Waals surface area (Å²) in [6.45, 7) is 2.03. The van der Waals surface area contributed by atoms with Crippen LogP contribution < -0.4 is 0 Å². The third-order valence-corrected chi connectivity index (χ3v) is 2.81. The maximum absolute atomic E-state index is 12.3. The van der Waals surface area contributed by atoms with Crippen LogP contribution in [-0.4, -0.2) is 46.7 Å². The average molecular weight is 265 g/mol. The van der Waals surface area contributed by atoms with E-state index >= 15 is 0 Å². The van der Waals surface area contributed by atoms with Crippen LogP contribution in [0.4, 0.5) is 0 Å². The molecular formula is C14H19NO4. The fourth-order valence-electron chi connectivity index (χ4n) is 1.71. The Morgan fingerprint density at radius 1 is 1.26 bits per heavy atom. The van der Waals surface area contributed by atoms with Crippen LogP contribution in [0.5, 0.6) is 0 Å². The smallest absolute Gasteiger partial charge is 0.308 e. The maximum atomic E-state index is 12.3. The van der Waals surface area contributed by atoms with Gasteiger partial charge in [-0.1, -0.05) is 25.1 Å². The number of amides is 1. The Morgan fingerprint density at radius 3 is 2.42 bits per heavy atom. The molecule has 1 aromatic rings. The van der Waals surface area contributed by atoms with Crippen LogP contribution in [0.2, 0.25) is 0 Å². The van der Waals surface area contributed by atoms with Crippen molar-refractivity contribution in [3.8, 4) is 0 Å². The van der Waals surface area contributed by atoms with Crippen molar-refractivity contribution in [1.82, 2.24) is 4.90 Å². The number of carbonyl (C=O) groups is 2. The van der Waals surface area contributed by atoms with Gasteiger partial charge in [-0.05, 0) is 18.6 Å². The SMILES string of the molecule is CC(CN(CCCO)C(=O)c1ccccc1)C(=O)O. The Morgan fingerprint density at radius 2 is 1.89 bits per heavy atom. The molecule has 104 valence electrons. The molecule has 0 radical (unpaired) electrons. The predicted octanol–water partition coefficient (Wildman–Crippen LogP) is 1.23. The molecule has 1 amide bonds. The van der Waals surface area contributed by atoms with E-state index in [9.17, 15) is 9.59 Å². The van der Waals surface area contributed by atoms with Crippen LogP contribution in [0, 0.1) is 5.92 Å². The number of hydrogen-bond donors (Lipinski definition) is 2. The standard InChI is InChI=1S/C14H19NO4/c1-11(14(18)19)10-15(8-5-9-16)13(17)12-6-3-2-4-7-12/h2-4,6-7,11,16H,5,8-10H2,1H3,(H,18,19). The number of benzene rings is 1. The Hall–Kier alpha value is -1.88. The lowest BCUT2D eigenvalue weighted by molar-refractivity contribution is -0.141. The summed E-state index contributed by atoms with van der Waals surface area (Å²) in [5.41, 5.74) is 0.526. The highest BCUT2D eigenvalue weighted by atomic mass is 16.4. The molecule has 1 unspecified atom stereocenters. The molecular weight excluding hydrogens is 246 g/mol. The van der Waals surface area contributed by atoms with E-state index in [2.05, 4.69) is 0 Å². The highest BCUT2D eigenvalue weighted by molar-refractivity contribution is 5.94. The Balaban J connectivity index is 2.78. The monoisotopic (exact) mass is 265 g/mol. The molecule has 0 fully saturated rings. The van der Waals surface area contributed by atoms with Crippen molar-refractivity contribution in [2.45, 2.75) is 13.3 Å². The number of hydrogen-bond acceptors (Lipinski definition) is 3. The molecule has 5 heteroatoms. The Labute approximate surface area is 112 Å². The van der Waals surface area contributed by atoms with Crippen molar-refractivity contribution in [3.63, 3.8) is 0 Å². The summed E-state index contributed by atoms with van der Waals surface area (Å²) in [6, 6.07) is 8.73. The summed E-state index contributed by atoms with van der Waals surface area (Å²) >= 11 is 0. The molecule has 0 heterocycles. The van der Waals surface area contributed by atoms with E-state index in [0.29, 0.717) is 18.5 Å². The van der Waals surface area contributed by atoms with E-state index in [0.717, 1.165) is 0 Å². The van der Waals surface area contributed by atoms with E-state index in [1.165, 1.54) is 4.90 Å². The van der Waals surface area contributed by atoms with Crippen molar-refractivity contribution in [2.24, 2.45) is 5.92 Å². The summed E-state index contributed by atoms with van der Waals surface area (Å²) in [5, 5.41) is 17.8. The van der Waals surface area contributed by atoms with Gasteiger partial charge in [-0.2, -0.15) is 0 Å². The molecule has 0 aliphatic heterocycles. The minimum absolute atomic E-state index is 0.0278. The molecule has 1 rings (SSSR count). The minimum atomic E-state index is -0.935. The number of carboxylic acids is 1. The summed E-state index contributed by atoms with van der Waals surface area (Å²) < 4.78 is 0. The van der Waals surface area contributed by atoms with E-state index in [1.54, 1.807) is 31.2 Å². The van der Waals surface area contributed by atoms with E-state index < -0.39 is 11.9 Å². The lowest BCUT2D eigenvalue weighted by Crippen LogP contribution is -2.37. The number of carboxylic acid groups (broad SMARTS) is 1. The van der Waals surface area contributed by atoms with Gasteiger partial charge in [0.05, 0.1) is 5.92 Å². The molecule has 5 nitrogen and oxygen atoms in total. The summed E-state index contributed by atoms with van der Waals surface area (Å²) in [5.74, 6) is -1.77. The number of aliphatic hydroxyl groups is 1. The van der Waals surface area contributed by atoms with Gasteiger partial charge in [-0.3, -0.25) is 9.59 Å². The zero-order chi connectivity index (χ0) is 14.3. The first-order chi connectivity index (χ1) is 9.06. The lowest BCUT2D eigenvalue weighted by Gasteiger charge is -2.24. The molecule has 1 aromatic carbocycles. The first-order valence-corrected chi connectivity index (χ1v) is 6.24. The van der Waals surface area contributed by atoms with Crippen LogP contribution in [-0.2, 0) is 4.79 Å². The van der Waals surface area contributed by atoms with Crippen LogP contribution in [0.3, 0.4) is 0 Å². The number of aliphatic hydroxyl groups excluding tert-OH is 1. The Kier molecular flexibility index (Phi) is 6.02. The first kappa shape index (κ1) is 15.2. The average Bonchev–Trinajstić information content (AvgIpc) is 2.43. The molecule has 0 bridgehead atoms. The van der Waals surface area contributed by atoms with E-state index in [-0.39, 0.29) is 19.1 Å². The van der Waals surface area contributed by atoms with Gasteiger partial charge in [-0.25, -0.2) is 0 Å². The fourth-order valence-corrected chi connectivity index (χ4v) is 1.71. The van der Waals surface area contributed by atoms with Gasteiger partial charge in [0, 0.05) is 25.3 Å². The molecule has 0 aliphatic rings. The van der Waals surface area contributed by atoms with Crippen LogP contribution in [0.15, 0.2) is 30.3 Å². The van der Waals surface area contributed by atoms with Gasteiger partial charge in [0.25, 0.3) is 5.91 Å². The largest absolute Gasteiger partial charge is 0.481 e. The molecule has 19 heavy (non-hydrogen) atoms. The van der Waals surface area contributed by atoms with Gasteiger partial charge in [0.15, 0.2) is 0 Å². The topological polar surface area (TPSA) is 77.8 Å². The lowest BCUT2D eigenvalue weighted by atomic mass is 10.1. The second-order valence-electron chi connectivity index (χ2n) is 4.43. The van der Waals surface area contributed by atoms with Gasteiger partial charge in [0.2, 0.25) is 0 Å². The predicted molar refractivity (Wildman–Crippen MR) is 70.8 cm³/mol. The van der Waals surface area contributed by atoms with Crippen molar-refractivity contribution in [1.29, 1.82) is 0 Å². The zero-order valence-corrected chi connectivity index (χ0v) is 11.0. The Bertz CT molecular complexity index is 419. The highest BCUT2D eigenvalue weighted by Gasteiger charge is 2.21. The van der Waals surface area contributed by atoms with Gasteiger partial charge in [-0.15, -0.1) is 0 Å². The maximum Gasteiger partial charge on any atom is 0.308 e. The highest BCUT2D eigenvalue weighted by Crippen LogP contribution is 2.08. The number of carbonyl (C=O) groups excluding carboxylic acids is 1. The van der Waals surface area contributed by atoms with Crippen molar-refractivity contribution >= 4 is 11.9 Å². The van der Waals surface area contributed by atoms with Gasteiger partial charge < -0.3 is 15.1 Å². The summed E-state index contributed by atoms with van der Waals surface area (Å²) in [6.07, 6.45) is 0.435. The number of aliphatic carboxylic acids is 1. The van der Waals surface area contributed by atoms with Crippen LogP contribution >= 0.6 is 0 Å². The normalized spacial score (nSPS) is 11.9. The second-order valence-corrected chi connectivity index (χ2v) is 4.43. The van der Waals surface area contributed by atoms with Crippen LogP contribution in [0.1, 0.15) is 23.7 Å². The molecule has 0 aliphatic carbocycles. The summed E-state index contributed by atoms with van der Waals surface area (Å²) in [4.78, 5) is 24.6. The molecule has 1 atom stereocenters. The van der Waals surface area contributed by atoms with Gasteiger partial charge >= 0.3 is 5.97 Å². The minimum Gasteiger partial charge on any atom is -0.481 e. The molecule has 0 aromatic heterocycles. The zero-order valence-electron chi connectivity index (χ0n) is 11.0. The fraction of sp³-hybridized carbons (Fsp3) is 0.429. The van der Waals surface area contributed by atoms with Crippen molar-refractivity contribution in [3.05, 3.63) is 35.9 Å². The second kappa shape index (κ2) is 7.53. The molecule has 0 saturated heterocycles. The summed E-state index contributed by atoms with van der Waals surface area (Å²) in [7, 11) is 0. The van der Waals surface area contributed by atoms with Crippen molar-refractivity contribution in [2.75, 3.05) is 19.7 Å². The van der Waals surface area contributed by atoms with Crippen molar-refractivity contribution < 1.29 is 19.8 Å². The molecule has 2 N–H and O–H groups in total. The first-order valence-electron chi connectivity index (χ1n) is 6.24. The van der Waals surface area contributed by atoms with E-state index in [1.807, 2.05) is 6.07 Å². The van der Waals surface area contributed by atoms with Gasteiger partial charge in [0.1, 0.15) is 0 Å². The third kappa shape index (κ3) is 4.71. The van der Waals surface area contributed by atoms with E-state index in [4.69, 9.17) is 10.2 Å². The molecule has 0 spiro atoms. The third-order valence-electron chi connectivity index (χ3n) is 2.81. The molecule has 0 saturated carbocycles. The van der Waals surface area contributed by atoms with Crippen LogP contribution in [0.25, 0.3) is 0 Å². The number of rotatable bonds is 7.